The van der Waals surface area contributed by atoms with E-state index in [1.165, 1.54) is 0 Å². The Morgan fingerprint density at radius 3 is 2.50 bits per heavy atom. The lowest BCUT2D eigenvalue weighted by atomic mass is 10.0. The van der Waals surface area contributed by atoms with Gasteiger partial charge in [-0.3, -0.25) is 4.79 Å². The first-order valence-electron chi connectivity index (χ1n) is 6.26. The number of nitrogens with one attached hydrogen (secondary N) is 1. The van der Waals surface area contributed by atoms with Gasteiger partial charge in [0.25, 0.3) is 0 Å². The lowest BCUT2D eigenvalue weighted by Crippen LogP contribution is -2.50. The van der Waals surface area contributed by atoms with Crippen molar-refractivity contribution in [1.82, 2.24) is 15.1 Å². The van der Waals surface area contributed by atoms with E-state index in [2.05, 4.69) is 17.1 Å². The molecule has 4 heteroatoms. The van der Waals surface area contributed by atoms with Crippen LogP contribution < -0.4 is 5.32 Å². The molecule has 0 aliphatic carbocycles. The van der Waals surface area contributed by atoms with Crippen molar-refractivity contribution < 1.29 is 4.79 Å². The first-order valence-corrected chi connectivity index (χ1v) is 6.26. The van der Waals surface area contributed by atoms with Crippen molar-refractivity contribution in [2.75, 3.05) is 33.7 Å². The van der Waals surface area contributed by atoms with Crippen LogP contribution in [0.2, 0.25) is 0 Å². The maximum Gasteiger partial charge on any atom is 0.239 e. The van der Waals surface area contributed by atoms with Crippen LogP contribution >= 0.6 is 0 Å². The Labute approximate surface area is 99.0 Å². The summed E-state index contributed by atoms with van der Waals surface area (Å²) in [5.41, 5.74) is 0. The highest BCUT2D eigenvalue weighted by atomic mass is 16.2. The highest BCUT2D eigenvalue weighted by Gasteiger charge is 2.26. The Bertz CT molecular complexity index is 224. The summed E-state index contributed by atoms with van der Waals surface area (Å²) in [7, 11) is 3.76. The summed E-state index contributed by atoms with van der Waals surface area (Å²) < 4.78 is 0. The second-order valence-corrected chi connectivity index (χ2v) is 4.62. The molecule has 1 heterocycles. The van der Waals surface area contributed by atoms with E-state index in [0.717, 1.165) is 32.5 Å². The zero-order valence-electron chi connectivity index (χ0n) is 11.0. The molecule has 0 radical (unpaired) electrons. The van der Waals surface area contributed by atoms with Gasteiger partial charge >= 0.3 is 0 Å². The maximum atomic E-state index is 12.0. The third-order valence-electron chi connectivity index (χ3n) is 3.70. The summed E-state index contributed by atoms with van der Waals surface area (Å²) in [5.74, 6) is 0.206. The molecule has 1 aliphatic heterocycles. The minimum Gasteiger partial charge on any atom is -0.341 e. The van der Waals surface area contributed by atoms with Gasteiger partial charge in [-0.15, -0.1) is 0 Å². The summed E-state index contributed by atoms with van der Waals surface area (Å²) in [6.07, 6.45) is 2.21. The van der Waals surface area contributed by atoms with Crippen molar-refractivity contribution in [2.24, 2.45) is 0 Å². The Morgan fingerprint density at radius 2 is 2.06 bits per heavy atom. The molecule has 0 bridgehead atoms. The van der Waals surface area contributed by atoms with E-state index >= 15 is 0 Å². The highest BCUT2D eigenvalue weighted by Crippen LogP contribution is 2.15. The number of hydrogen-bond acceptors (Lipinski definition) is 3. The van der Waals surface area contributed by atoms with Gasteiger partial charge in [0.1, 0.15) is 0 Å². The van der Waals surface area contributed by atoms with Gasteiger partial charge < -0.3 is 15.1 Å². The number of carbonyl (C=O) groups excluding carboxylic acids is 1. The molecule has 1 aliphatic rings. The number of piperidine rings is 1. The minimum atomic E-state index is -0.0748. The van der Waals surface area contributed by atoms with Gasteiger partial charge in [-0.05, 0) is 33.4 Å². The smallest absolute Gasteiger partial charge is 0.239 e. The van der Waals surface area contributed by atoms with Crippen molar-refractivity contribution in [3.8, 4) is 0 Å². The molecular weight excluding hydrogens is 202 g/mol. The molecule has 1 rings (SSSR count). The van der Waals surface area contributed by atoms with Crippen LogP contribution in [-0.4, -0.2) is 61.5 Å². The van der Waals surface area contributed by atoms with Crippen LogP contribution in [0.15, 0.2) is 0 Å². The van der Waals surface area contributed by atoms with E-state index in [1.807, 2.05) is 25.9 Å². The zero-order valence-corrected chi connectivity index (χ0v) is 11.0. The van der Waals surface area contributed by atoms with Crippen LogP contribution in [0.1, 0.15) is 26.7 Å². The predicted molar refractivity (Wildman–Crippen MR) is 66.4 cm³/mol. The summed E-state index contributed by atoms with van der Waals surface area (Å²) in [6, 6.07) is 0.348. The normalized spacial score (nSPS) is 20.8. The number of amides is 1. The lowest BCUT2D eigenvalue weighted by molar-refractivity contribution is -0.134. The van der Waals surface area contributed by atoms with Crippen LogP contribution in [-0.2, 0) is 4.79 Å². The molecular formula is C12H25N3O. The third-order valence-corrected chi connectivity index (χ3v) is 3.70. The first kappa shape index (κ1) is 13.5. The molecule has 0 aromatic rings. The SMILES string of the molecule is CCN1CCC(N(C)C(=O)C(C)NC)CC1. The van der Waals surface area contributed by atoms with Crippen molar-refractivity contribution in [2.45, 2.75) is 38.8 Å². The standard InChI is InChI=1S/C12H25N3O/c1-5-15-8-6-11(7-9-15)14(4)12(16)10(2)13-3/h10-11,13H,5-9H2,1-4H3. The van der Waals surface area contributed by atoms with Crippen molar-refractivity contribution >= 4 is 5.91 Å². The Morgan fingerprint density at radius 1 is 1.50 bits per heavy atom. The van der Waals surface area contributed by atoms with Gasteiger partial charge in [-0.1, -0.05) is 6.92 Å². The van der Waals surface area contributed by atoms with E-state index in [9.17, 15) is 4.79 Å². The Hall–Kier alpha value is -0.610. The van der Waals surface area contributed by atoms with Crippen LogP contribution in [0.4, 0.5) is 0 Å². The van der Waals surface area contributed by atoms with Gasteiger partial charge in [0.05, 0.1) is 6.04 Å². The molecule has 0 aromatic heterocycles. The number of rotatable bonds is 4. The number of carbonyl (C=O) groups is 1. The first-order chi connectivity index (χ1) is 7.60. The van der Waals surface area contributed by atoms with Crippen LogP contribution in [0.5, 0.6) is 0 Å². The topological polar surface area (TPSA) is 35.6 Å². The number of hydrogen-bond donors (Lipinski definition) is 1. The molecule has 1 N–H and O–H groups in total. The highest BCUT2D eigenvalue weighted by molar-refractivity contribution is 5.81. The summed E-state index contributed by atoms with van der Waals surface area (Å²) in [5, 5.41) is 3.00. The summed E-state index contributed by atoms with van der Waals surface area (Å²) in [4.78, 5) is 16.3. The lowest BCUT2D eigenvalue weighted by Gasteiger charge is -2.37. The molecule has 1 saturated heterocycles. The fourth-order valence-electron chi connectivity index (χ4n) is 2.23. The second kappa shape index (κ2) is 6.21. The van der Waals surface area contributed by atoms with Gasteiger partial charge in [0, 0.05) is 26.2 Å². The van der Waals surface area contributed by atoms with Crippen molar-refractivity contribution in [3.63, 3.8) is 0 Å². The molecule has 0 saturated carbocycles. The summed E-state index contributed by atoms with van der Waals surface area (Å²) in [6.45, 7) is 7.47. The number of nitrogens with zero attached hydrogens (tertiary/aromatic N) is 2. The fraction of sp³-hybridized carbons (Fsp3) is 0.917. The second-order valence-electron chi connectivity index (χ2n) is 4.62. The Kier molecular flexibility index (Phi) is 5.22. The molecule has 1 unspecified atom stereocenters. The van der Waals surface area contributed by atoms with E-state index in [-0.39, 0.29) is 11.9 Å². The van der Waals surface area contributed by atoms with E-state index in [0.29, 0.717) is 6.04 Å². The fourth-order valence-corrected chi connectivity index (χ4v) is 2.23. The van der Waals surface area contributed by atoms with Crippen LogP contribution in [0.25, 0.3) is 0 Å². The number of likely N-dealkylation sites (tertiary alicyclic amines) is 1. The molecule has 0 aromatic carbocycles. The van der Waals surface area contributed by atoms with E-state index in [1.54, 1.807) is 0 Å². The molecule has 1 amide bonds. The average Bonchev–Trinajstić information content (AvgIpc) is 2.36. The molecule has 4 nitrogen and oxygen atoms in total. The maximum absolute atomic E-state index is 12.0. The van der Waals surface area contributed by atoms with Gasteiger partial charge in [-0.2, -0.15) is 0 Å². The number of likely N-dealkylation sites (N-methyl/N-ethyl adjacent to an activating group) is 2. The zero-order chi connectivity index (χ0) is 12.1. The largest absolute Gasteiger partial charge is 0.341 e. The molecule has 94 valence electrons. The van der Waals surface area contributed by atoms with Crippen LogP contribution in [0, 0.1) is 0 Å². The molecule has 0 spiro atoms. The average molecular weight is 227 g/mol. The van der Waals surface area contributed by atoms with Gasteiger partial charge in [-0.25, -0.2) is 0 Å². The molecule has 16 heavy (non-hydrogen) atoms. The van der Waals surface area contributed by atoms with E-state index in [4.69, 9.17) is 0 Å². The third kappa shape index (κ3) is 3.19. The van der Waals surface area contributed by atoms with Gasteiger partial charge in [0.2, 0.25) is 5.91 Å². The molecule has 1 fully saturated rings. The van der Waals surface area contributed by atoms with E-state index < -0.39 is 0 Å². The van der Waals surface area contributed by atoms with Crippen molar-refractivity contribution in [1.29, 1.82) is 0 Å². The van der Waals surface area contributed by atoms with Crippen molar-refractivity contribution in [3.05, 3.63) is 0 Å². The molecule has 1 atom stereocenters. The Balaban J connectivity index is 2.43. The quantitative estimate of drug-likeness (QED) is 0.761. The predicted octanol–water partition coefficient (Wildman–Crippen LogP) is 0.537. The minimum absolute atomic E-state index is 0.0748. The monoisotopic (exact) mass is 227 g/mol. The van der Waals surface area contributed by atoms with Crippen LogP contribution in [0.3, 0.4) is 0 Å². The van der Waals surface area contributed by atoms with Gasteiger partial charge in [0.15, 0.2) is 0 Å². The summed E-state index contributed by atoms with van der Waals surface area (Å²) >= 11 is 0.